The van der Waals surface area contributed by atoms with Crippen LogP contribution in [-0.4, -0.2) is 44.1 Å². The lowest BCUT2D eigenvalue weighted by atomic mass is 9.79. The van der Waals surface area contributed by atoms with E-state index in [-0.39, 0.29) is 0 Å². The molecule has 0 aliphatic carbocycles. The summed E-state index contributed by atoms with van der Waals surface area (Å²) >= 11 is 6.38. The van der Waals surface area contributed by atoms with Gasteiger partial charge in [0, 0.05) is 5.39 Å². The second-order valence-electron chi connectivity index (χ2n) is 5.27. The summed E-state index contributed by atoms with van der Waals surface area (Å²) in [5.41, 5.74) is 2.79. The Morgan fingerprint density at radius 2 is 1.57 bits per heavy atom. The summed E-state index contributed by atoms with van der Waals surface area (Å²) in [6, 6.07) is 9.73. The van der Waals surface area contributed by atoms with Crippen molar-refractivity contribution in [3.05, 3.63) is 47.1 Å². The van der Waals surface area contributed by atoms with E-state index in [4.69, 9.17) is 11.6 Å². The highest BCUT2D eigenvalue weighted by Gasteiger charge is 2.18. The van der Waals surface area contributed by atoms with E-state index in [1.54, 1.807) is 36.4 Å². The lowest BCUT2D eigenvalue weighted by molar-refractivity contribution is 0.424. The number of nitrogens with zero attached hydrogens (tertiary/aromatic N) is 2. The Morgan fingerprint density at radius 3 is 2.17 bits per heavy atom. The Balaban J connectivity index is 2.15. The maximum Gasteiger partial charge on any atom is 0.488 e. The van der Waals surface area contributed by atoms with Crippen molar-refractivity contribution >= 4 is 47.7 Å². The summed E-state index contributed by atoms with van der Waals surface area (Å²) in [5, 5.41) is 42.3. The number of fused-ring (bicyclic) bond motifs is 1. The Labute approximate surface area is 137 Å². The predicted octanol–water partition coefficient (Wildman–Crippen LogP) is -0.653. The van der Waals surface area contributed by atoms with Crippen molar-refractivity contribution in [1.29, 1.82) is 0 Å². The molecule has 3 rings (SSSR count). The van der Waals surface area contributed by atoms with Gasteiger partial charge in [0.05, 0.1) is 11.2 Å². The van der Waals surface area contributed by atoms with E-state index in [0.29, 0.717) is 32.7 Å². The molecule has 4 N–H and O–H groups in total. The molecule has 0 saturated carbocycles. The molecular weight excluding hydrogens is 317 g/mol. The van der Waals surface area contributed by atoms with Crippen LogP contribution in [0.2, 0.25) is 5.15 Å². The minimum atomic E-state index is -1.58. The van der Waals surface area contributed by atoms with Crippen LogP contribution in [0.25, 0.3) is 16.6 Å². The lowest BCUT2D eigenvalue weighted by Crippen LogP contribution is -2.30. The first kappa shape index (κ1) is 16.0. The maximum absolute atomic E-state index is 9.26. The zero-order valence-electron chi connectivity index (χ0n) is 12.2. The normalized spacial score (nSPS) is 11.0. The molecule has 0 aliphatic rings. The average Bonchev–Trinajstić information content (AvgIpc) is 2.83. The minimum Gasteiger partial charge on any atom is -0.423 e. The molecule has 116 valence electrons. The summed E-state index contributed by atoms with van der Waals surface area (Å²) in [6.07, 6.45) is 0. The Morgan fingerprint density at radius 1 is 0.957 bits per heavy atom. The van der Waals surface area contributed by atoms with Crippen molar-refractivity contribution in [2.45, 2.75) is 6.92 Å². The van der Waals surface area contributed by atoms with E-state index >= 15 is 0 Å². The first-order valence-corrected chi connectivity index (χ1v) is 7.27. The molecule has 6 nitrogen and oxygen atoms in total. The molecule has 2 aromatic carbocycles. The second kappa shape index (κ2) is 5.99. The van der Waals surface area contributed by atoms with Crippen LogP contribution in [0.1, 0.15) is 5.56 Å². The molecule has 0 saturated heterocycles. The van der Waals surface area contributed by atoms with Crippen molar-refractivity contribution in [3.63, 3.8) is 0 Å². The topological polar surface area (TPSA) is 98.7 Å². The van der Waals surface area contributed by atoms with Crippen LogP contribution < -0.4 is 10.9 Å². The molecular formula is C14H13B2ClN2O4. The summed E-state index contributed by atoms with van der Waals surface area (Å²) in [6.45, 7) is 1.81. The molecule has 0 unspecified atom stereocenters. The molecule has 3 aromatic rings. The van der Waals surface area contributed by atoms with Gasteiger partial charge in [0.2, 0.25) is 0 Å². The quantitative estimate of drug-likeness (QED) is 0.478. The summed E-state index contributed by atoms with van der Waals surface area (Å²) in [7, 11) is -3.12. The fraction of sp³-hybridized carbons (Fsp3) is 0.0714. The molecule has 23 heavy (non-hydrogen) atoms. The van der Waals surface area contributed by atoms with Crippen molar-refractivity contribution < 1.29 is 20.1 Å². The van der Waals surface area contributed by atoms with Gasteiger partial charge in [-0.1, -0.05) is 29.8 Å². The van der Waals surface area contributed by atoms with Gasteiger partial charge in [0.15, 0.2) is 0 Å². The van der Waals surface area contributed by atoms with Crippen LogP contribution in [0, 0.1) is 6.92 Å². The number of hydrogen-bond donors (Lipinski definition) is 4. The lowest BCUT2D eigenvalue weighted by Gasteiger charge is -2.09. The fourth-order valence-corrected chi connectivity index (χ4v) is 2.75. The van der Waals surface area contributed by atoms with Crippen molar-refractivity contribution in [2.24, 2.45) is 0 Å². The number of benzene rings is 2. The molecule has 0 atom stereocenters. The van der Waals surface area contributed by atoms with Gasteiger partial charge in [-0.05, 0) is 41.6 Å². The number of rotatable bonds is 3. The van der Waals surface area contributed by atoms with Gasteiger partial charge in [0.1, 0.15) is 5.15 Å². The van der Waals surface area contributed by atoms with Crippen LogP contribution >= 0.6 is 11.6 Å². The number of aryl methyl sites for hydroxylation is 1. The maximum atomic E-state index is 9.26. The predicted molar refractivity (Wildman–Crippen MR) is 90.5 cm³/mol. The SMILES string of the molecule is Cc1cc(B(O)O)ccc1-n1nc2ccc(B(O)O)cc2c1Cl. The second-order valence-corrected chi connectivity index (χ2v) is 5.63. The van der Waals surface area contributed by atoms with Gasteiger partial charge < -0.3 is 20.1 Å². The van der Waals surface area contributed by atoms with E-state index < -0.39 is 14.2 Å². The first-order valence-electron chi connectivity index (χ1n) is 6.90. The summed E-state index contributed by atoms with van der Waals surface area (Å²) in [5.74, 6) is 0. The smallest absolute Gasteiger partial charge is 0.423 e. The minimum absolute atomic E-state index is 0.328. The number of hydrogen-bond acceptors (Lipinski definition) is 5. The Hall–Kier alpha value is -1.83. The molecule has 0 fully saturated rings. The van der Waals surface area contributed by atoms with Crippen LogP contribution in [0.15, 0.2) is 36.4 Å². The van der Waals surface area contributed by atoms with E-state index in [1.165, 1.54) is 4.68 Å². The molecule has 9 heteroatoms. The van der Waals surface area contributed by atoms with Crippen molar-refractivity contribution in [3.8, 4) is 5.69 Å². The third kappa shape index (κ3) is 2.87. The number of aromatic nitrogens is 2. The highest BCUT2D eigenvalue weighted by Crippen LogP contribution is 2.26. The third-order valence-corrected chi connectivity index (χ3v) is 4.05. The van der Waals surface area contributed by atoms with Crippen molar-refractivity contribution in [2.75, 3.05) is 0 Å². The molecule has 0 aliphatic heterocycles. The first-order chi connectivity index (χ1) is 10.9. The molecule has 0 amide bonds. The highest BCUT2D eigenvalue weighted by atomic mass is 35.5. The third-order valence-electron chi connectivity index (χ3n) is 3.68. The van der Waals surface area contributed by atoms with E-state index in [2.05, 4.69) is 5.10 Å². The molecule has 1 aromatic heterocycles. The summed E-state index contributed by atoms with van der Waals surface area (Å²) in [4.78, 5) is 0. The van der Waals surface area contributed by atoms with Gasteiger partial charge in [-0.15, -0.1) is 0 Å². The summed E-state index contributed by atoms with van der Waals surface area (Å²) < 4.78 is 1.53. The van der Waals surface area contributed by atoms with Gasteiger partial charge in [-0.3, -0.25) is 0 Å². The zero-order chi connectivity index (χ0) is 16.7. The molecule has 1 heterocycles. The van der Waals surface area contributed by atoms with Crippen LogP contribution in [0.4, 0.5) is 0 Å². The highest BCUT2D eigenvalue weighted by molar-refractivity contribution is 6.59. The van der Waals surface area contributed by atoms with Crippen molar-refractivity contribution in [1.82, 2.24) is 9.78 Å². The van der Waals surface area contributed by atoms with Gasteiger partial charge in [-0.2, -0.15) is 5.10 Å². The fourth-order valence-electron chi connectivity index (χ4n) is 2.47. The largest absolute Gasteiger partial charge is 0.488 e. The van der Waals surface area contributed by atoms with Gasteiger partial charge >= 0.3 is 14.2 Å². The molecule has 0 bridgehead atoms. The number of halogens is 1. The molecule has 0 spiro atoms. The van der Waals surface area contributed by atoms with E-state index in [9.17, 15) is 20.1 Å². The van der Waals surface area contributed by atoms with Gasteiger partial charge in [0.25, 0.3) is 0 Å². The molecule has 0 radical (unpaired) electrons. The Kier molecular flexibility index (Phi) is 4.18. The zero-order valence-corrected chi connectivity index (χ0v) is 12.9. The standard InChI is InChI=1S/C14H13B2ClN2O4/c1-8-6-9(15(20)21)3-5-13(8)19-14(17)11-7-10(16(22)23)2-4-12(11)18-19/h2-7,20-23H,1H3. The van der Waals surface area contributed by atoms with E-state index in [1.807, 2.05) is 6.92 Å². The van der Waals surface area contributed by atoms with Crippen LogP contribution in [0.5, 0.6) is 0 Å². The van der Waals surface area contributed by atoms with Gasteiger partial charge in [-0.25, -0.2) is 4.68 Å². The van der Waals surface area contributed by atoms with Crippen LogP contribution in [0.3, 0.4) is 0 Å². The van der Waals surface area contributed by atoms with E-state index in [0.717, 1.165) is 5.56 Å². The Bertz CT molecular complexity index is 883. The van der Waals surface area contributed by atoms with Crippen LogP contribution in [-0.2, 0) is 0 Å². The monoisotopic (exact) mass is 330 g/mol. The average molecular weight is 330 g/mol.